The maximum Gasteiger partial charge on any atom is 0.273 e. The smallest absolute Gasteiger partial charge is 0.273 e. The quantitative estimate of drug-likeness (QED) is 0.590. The molecule has 0 spiro atoms. The molecule has 70 valence electrons. The highest BCUT2D eigenvalue weighted by atomic mass is 35.5. The molecule has 0 aromatic carbocycles. The highest BCUT2D eigenvalue weighted by molar-refractivity contribution is 6.31. The summed E-state index contributed by atoms with van der Waals surface area (Å²) in [4.78, 5) is 17.0. The number of H-pyrrole nitrogens is 1. The molecule has 0 unspecified atom stereocenters. The van der Waals surface area contributed by atoms with Gasteiger partial charge in [0, 0.05) is 0 Å². The number of halogens is 1. The fourth-order valence-electron chi connectivity index (χ4n) is 0.706. The van der Waals surface area contributed by atoms with Crippen LogP contribution in [0.3, 0.4) is 0 Å². The first-order valence-corrected chi connectivity index (χ1v) is 4.10. The Morgan fingerprint density at radius 1 is 1.77 bits per heavy atom. The van der Waals surface area contributed by atoms with Gasteiger partial charge in [0.05, 0.1) is 12.9 Å². The second kappa shape index (κ2) is 4.67. The van der Waals surface area contributed by atoms with Gasteiger partial charge >= 0.3 is 0 Å². The number of nitrogens with one attached hydrogen (secondary N) is 1. The summed E-state index contributed by atoms with van der Waals surface area (Å²) in [6.07, 6.45) is 3.64. The molecule has 0 amide bonds. The molecule has 1 rings (SSSR count). The van der Waals surface area contributed by atoms with Crippen LogP contribution in [0.1, 0.15) is 6.42 Å². The second-order valence-corrected chi connectivity index (χ2v) is 2.65. The largest absolute Gasteiger partial charge is 0.476 e. The van der Waals surface area contributed by atoms with Gasteiger partial charge in [0.1, 0.15) is 0 Å². The van der Waals surface area contributed by atoms with Crippen molar-refractivity contribution in [2.45, 2.75) is 6.42 Å². The van der Waals surface area contributed by atoms with Crippen LogP contribution >= 0.6 is 11.6 Å². The van der Waals surface area contributed by atoms with Crippen molar-refractivity contribution < 1.29 is 4.74 Å². The molecule has 1 heterocycles. The van der Waals surface area contributed by atoms with E-state index in [0.717, 1.165) is 0 Å². The lowest BCUT2D eigenvalue weighted by Crippen LogP contribution is -2.09. The molecule has 0 aliphatic heterocycles. The van der Waals surface area contributed by atoms with E-state index in [2.05, 4.69) is 16.5 Å². The average molecular weight is 201 g/mol. The second-order valence-electron chi connectivity index (χ2n) is 2.28. The van der Waals surface area contributed by atoms with Gasteiger partial charge in [0.2, 0.25) is 5.88 Å². The Kier molecular flexibility index (Phi) is 3.52. The van der Waals surface area contributed by atoms with Crippen molar-refractivity contribution in [2.24, 2.45) is 0 Å². The lowest BCUT2D eigenvalue weighted by molar-refractivity contribution is 0.311. The topological polar surface area (TPSA) is 55.0 Å². The minimum absolute atomic E-state index is 0.0217. The molecule has 4 nitrogen and oxygen atoms in total. The number of aromatic nitrogens is 2. The van der Waals surface area contributed by atoms with Gasteiger partial charge in [0.25, 0.3) is 5.56 Å². The van der Waals surface area contributed by atoms with Gasteiger partial charge in [-0.25, -0.2) is 4.98 Å². The summed E-state index contributed by atoms with van der Waals surface area (Å²) in [6.45, 7) is 3.95. The molecule has 0 fully saturated rings. The summed E-state index contributed by atoms with van der Waals surface area (Å²) < 4.78 is 5.12. The van der Waals surface area contributed by atoms with Crippen LogP contribution in [-0.2, 0) is 0 Å². The number of hydrogen-bond donors (Lipinski definition) is 1. The molecule has 1 N–H and O–H groups in total. The van der Waals surface area contributed by atoms with E-state index < -0.39 is 5.56 Å². The van der Waals surface area contributed by atoms with Crippen molar-refractivity contribution in [1.82, 2.24) is 9.97 Å². The summed E-state index contributed by atoms with van der Waals surface area (Å²) in [5.74, 6) is 0.160. The predicted octanol–water partition coefficient (Wildman–Crippen LogP) is 1.38. The fourth-order valence-corrected chi connectivity index (χ4v) is 0.864. The molecular formula is C8H9ClN2O2. The first-order valence-electron chi connectivity index (χ1n) is 3.72. The maximum absolute atomic E-state index is 10.9. The zero-order chi connectivity index (χ0) is 9.68. The van der Waals surface area contributed by atoms with Crippen LogP contribution in [0.5, 0.6) is 5.88 Å². The van der Waals surface area contributed by atoms with Gasteiger partial charge in [-0.15, -0.1) is 6.58 Å². The summed E-state index contributed by atoms with van der Waals surface area (Å²) in [7, 11) is 0. The molecule has 0 aliphatic carbocycles. The Morgan fingerprint density at radius 2 is 2.54 bits per heavy atom. The average Bonchev–Trinajstić information content (AvgIpc) is 2.13. The Labute approximate surface area is 80.2 Å². The van der Waals surface area contributed by atoms with Crippen molar-refractivity contribution in [3.63, 3.8) is 0 Å². The highest BCUT2D eigenvalue weighted by Crippen LogP contribution is 2.14. The van der Waals surface area contributed by atoms with Gasteiger partial charge in [0.15, 0.2) is 5.02 Å². The lowest BCUT2D eigenvalue weighted by Gasteiger charge is -2.02. The lowest BCUT2D eigenvalue weighted by atomic mass is 10.4. The Balaban J connectivity index is 2.71. The monoisotopic (exact) mass is 200 g/mol. The third-order valence-electron chi connectivity index (χ3n) is 1.33. The van der Waals surface area contributed by atoms with Crippen LogP contribution in [0.4, 0.5) is 0 Å². The number of nitrogens with zero attached hydrogens (tertiary/aromatic N) is 1. The van der Waals surface area contributed by atoms with E-state index in [4.69, 9.17) is 16.3 Å². The molecule has 0 saturated carbocycles. The Morgan fingerprint density at radius 3 is 3.23 bits per heavy atom. The van der Waals surface area contributed by atoms with Crippen LogP contribution in [0.2, 0.25) is 5.02 Å². The maximum atomic E-state index is 10.9. The predicted molar refractivity (Wildman–Crippen MR) is 50.2 cm³/mol. The van der Waals surface area contributed by atoms with E-state index in [1.807, 2.05) is 0 Å². The zero-order valence-corrected chi connectivity index (χ0v) is 7.67. The molecular weight excluding hydrogens is 192 g/mol. The van der Waals surface area contributed by atoms with Crippen molar-refractivity contribution in [3.8, 4) is 5.88 Å². The molecule has 1 aromatic heterocycles. The minimum Gasteiger partial charge on any atom is -0.476 e. The molecule has 0 saturated heterocycles. The third kappa shape index (κ3) is 2.59. The highest BCUT2D eigenvalue weighted by Gasteiger charge is 2.05. The molecule has 0 atom stereocenters. The Bertz CT molecular complexity index is 348. The van der Waals surface area contributed by atoms with E-state index in [1.165, 1.54) is 6.33 Å². The van der Waals surface area contributed by atoms with Crippen molar-refractivity contribution in [3.05, 3.63) is 34.4 Å². The van der Waals surface area contributed by atoms with Crippen LogP contribution in [0.25, 0.3) is 0 Å². The first-order chi connectivity index (χ1) is 6.25. The fraction of sp³-hybridized carbons (Fsp3) is 0.250. The van der Waals surface area contributed by atoms with Crippen LogP contribution < -0.4 is 10.3 Å². The number of aromatic amines is 1. The summed E-state index contributed by atoms with van der Waals surface area (Å²) >= 11 is 5.62. The standard InChI is InChI=1S/C8H9ClN2O2/c1-2-3-4-13-8-6(9)7(12)10-5-11-8/h2,5H,1,3-4H2,(H,10,11,12). The number of rotatable bonds is 4. The van der Waals surface area contributed by atoms with Gasteiger partial charge < -0.3 is 9.72 Å². The third-order valence-corrected chi connectivity index (χ3v) is 1.66. The summed E-state index contributed by atoms with van der Waals surface area (Å²) in [5, 5.41) is -0.0217. The van der Waals surface area contributed by atoms with E-state index >= 15 is 0 Å². The molecule has 0 bridgehead atoms. The van der Waals surface area contributed by atoms with Crippen molar-refractivity contribution >= 4 is 11.6 Å². The molecule has 1 aromatic rings. The van der Waals surface area contributed by atoms with Gasteiger partial charge in [-0.2, -0.15) is 0 Å². The molecule has 0 radical (unpaired) electrons. The van der Waals surface area contributed by atoms with Crippen LogP contribution in [-0.4, -0.2) is 16.6 Å². The Hall–Kier alpha value is -1.29. The molecule has 13 heavy (non-hydrogen) atoms. The number of ether oxygens (including phenoxy) is 1. The van der Waals surface area contributed by atoms with Crippen LogP contribution in [0, 0.1) is 0 Å². The summed E-state index contributed by atoms with van der Waals surface area (Å²) in [6, 6.07) is 0. The van der Waals surface area contributed by atoms with Gasteiger partial charge in [-0.1, -0.05) is 17.7 Å². The van der Waals surface area contributed by atoms with Gasteiger partial charge in [-0.05, 0) is 6.42 Å². The van der Waals surface area contributed by atoms with E-state index in [9.17, 15) is 4.79 Å². The molecule has 5 heteroatoms. The van der Waals surface area contributed by atoms with E-state index in [0.29, 0.717) is 13.0 Å². The van der Waals surface area contributed by atoms with Crippen molar-refractivity contribution in [1.29, 1.82) is 0 Å². The zero-order valence-electron chi connectivity index (χ0n) is 6.92. The van der Waals surface area contributed by atoms with E-state index in [1.54, 1.807) is 6.08 Å². The SMILES string of the molecule is C=CCCOc1nc[nH]c(=O)c1Cl. The van der Waals surface area contributed by atoms with E-state index in [-0.39, 0.29) is 10.9 Å². The number of hydrogen-bond acceptors (Lipinski definition) is 3. The minimum atomic E-state index is -0.398. The van der Waals surface area contributed by atoms with Gasteiger partial charge in [-0.3, -0.25) is 4.79 Å². The molecule has 0 aliphatic rings. The summed E-state index contributed by atoms with van der Waals surface area (Å²) in [5.41, 5.74) is -0.398. The normalized spacial score (nSPS) is 9.62. The van der Waals surface area contributed by atoms with Crippen LogP contribution in [0.15, 0.2) is 23.8 Å². The van der Waals surface area contributed by atoms with Crippen molar-refractivity contribution in [2.75, 3.05) is 6.61 Å². The first kappa shape index (κ1) is 9.80.